The number of carbonyl (C=O) groups excluding carboxylic acids is 1. The first-order valence-electron chi connectivity index (χ1n) is 9.60. The molecule has 29 heavy (non-hydrogen) atoms. The fraction of sp³-hybridized carbons (Fsp3) is 0.125. The number of quaternary nitrogens is 1. The van der Waals surface area contributed by atoms with Crippen LogP contribution in [0.2, 0.25) is 0 Å². The molecule has 0 saturated carbocycles. The Morgan fingerprint density at radius 2 is 1.62 bits per heavy atom. The predicted octanol–water partition coefficient (Wildman–Crippen LogP) is 3.90. The van der Waals surface area contributed by atoms with Crippen LogP contribution in [0, 0.1) is 0 Å². The fourth-order valence-corrected chi connectivity index (χ4v) is 4.21. The Bertz CT molecular complexity index is 1000. The Morgan fingerprint density at radius 3 is 2.24 bits per heavy atom. The molecule has 5 heteroatoms. The summed E-state index contributed by atoms with van der Waals surface area (Å²) < 4.78 is 5.63. The summed E-state index contributed by atoms with van der Waals surface area (Å²) in [6.45, 7) is 0.301. The van der Waals surface area contributed by atoms with Gasteiger partial charge in [0.25, 0.3) is 5.91 Å². The summed E-state index contributed by atoms with van der Waals surface area (Å²) in [5.41, 5.74) is 2.18. The van der Waals surface area contributed by atoms with E-state index in [0.29, 0.717) is 6.54 Å². The average molecular weight is 404 g/mol. The van der Waals surface area contributed by atoms with E-state index in [9.17, 15) is 4.79 Å². The minimum atomic E-state index is -0.143. The van der Waals surface area contributed by atoms with Crippen LogP contribution in [0.1, 0.15) is 33.8 Å². The highest BCUT2D eigenvalue weighted by Crippen LogP contribution is 2.25. The van der Waals surface area contributed by atoms with Gasteiger partial charge in [0.1, 0.15) is 0 Å². The first-order valence-corrected chi connectivity index (χ1v) is 10.5. The van der Waals surface area contributed by atoms with Crippen molar-refractivity contribution in [1.82, 2.24) is 5.32 Å². The molecule has 2 heterocycles. The second-order valence-corrected chi connectivity index (χ2v) is 7.75. The van der Waals surface area contributed by atoms with Crippen LogP contribution in [-0.4, -0.2) is 12.5 Å². The number of rotatable bonds is 8. The van der Waals surface area contributed by atoms with Crippen molar-refractivity contribution >= 4 is 17.2 Å². The molecule has 0 spiro atoms. The molecule has 146 valence electrons. The molecule has 2 atom stereocenters. The van der Waals surface area contributed by atoms with Gasteiger partial charge in [-0.25, -0.2) is 0 Å². The van der Waals surface area contributed by atoms with Crippen molar-refractivity contribution in [1.29, 1.82) is 0 Å². The molecule has 3 N–H and O–H groups in total. The van der Waals surface area contributed by atoms with Crippen LogP contribution in [0.15, 0.2) is 101 Å². The Hall–Kier alpha value is -3.15. The van der Waals surface area contributed by atoms with E-state index in [-0.39, 0.29) is 18.0 Å². The zero-order valence-electron chi connectivity index (χ0n) is 15.9. The van der Waals surface area contributed by atoms with Crippen LogP contribution < -0.4 is 10.6 Å². The third kappa shape index (κ3) is 4.83. The number of thiophene rings is 1. The molecule has 0 radical (unpaired) electrons. The maximum absolute atomic E-state index is 12.9. The Morgan fingerprint density at radius 1 is 0.897 bits per heavy atom. The van der Waals surface area contributed by atoms with Crippen molar-refractivity contribution in [2.24, 2.45) is 0 Å². The Labute approximate surface area is 174 Å². The first-order chi connectivity index (χ1) is 14.3. The number of furan rings is 1. The second kappa shape index (κ2) is 9.37. The SMILES string of the molecule is O=C(C[NH2+][C@H](c1ccccc1)c1ccco1)N[C@H](c1ccccc1)c1cccs1. The summed E-state index contributed by atoms with van der Waals surface area (Å²) in [6, 6.07) is 27.9. The quantitative estimate of drug-likeness (QED) is 0.469. The molecule has 4 rings (SSSR count). The van der Waals surface area contributed by atoms with Gasteiger partial charge >= 0.3 is 0 Å². The monoisotopic (exact) mass is 403 g/mol. The number of nitrogens with one attached hydrogen (secondary N) is 1. The highest BCUT2D eigenvalue weighted by molar-refractivity contribution is 7.10. The number of benzene rings is 2. The van der Waals surface area contributed by atoms with Gasteiger partial charge in [-0.3, -0.25) is 4.79 Å². The Kier molecular flexibility index (Phi) is 6.19. The van der Waals surface area contributed by atoms with E-state index in [0.717, 1.165) is 21.8 Å². The van der Waals surface area contributed by atoms with E-state index < -0.39 is 0 Å². The highest BCUT2D eigenvalue weighted by atomic mass is 32.1. The van der Waals surface area contributed by atoms with Crippen LogP contribution in [-0.2, 0) is 4.79 Å². The van der Waals surface area contributed by atoms with Crippen molar-refractivity contribution in [3.63, 3.8) is 0 Å². The minimum absolute atomic E-state index is 0.0141. The molecule has 0 aliphatic heterocycles. The summed E-state index contributed by atoms with van der Waals surface area (Å²) >= 11 is 1.65. The van der Waals surface area contributed by atoms with Crippen LogP contribution in [0.25, 0.3) is 0 Å². The molecule has 0 unspecified atom stereocenters. The maximum Gasteiger partial charge on any atom is 0.275 e. The summed E-state index contributed by atoms with van der Waals surface area (Å²) in [5, 5.41) is 7.24. The normalized spacial score (nSPS) is 13.0. The standard InChI is InChI=1S/C24H22N2O2S/c27-22(26-24(21-14-8-16-29-21)19-11-5-2-6-12-19)17-25-23(20-13-7-15-28-20)18-9-3-1-4-10-18/h1-16,23-25H,17H2,(H,26,27)/p+1/t23-,24-/m1/s1. The van der Waals surface area contributed by atoms with Gasteiger partial charge in [0.15, 0.2) is 18.3 Å². The molecule has 0 saturated heterocycles. The van der Waals surface area contributed by atoms with E-state index in [1.54, 1.807) is 17.6 Å². The lowest BCUT2D eigenvalue weighted by atomic mass is 10.0. The van der Waals surface area contributed by atoms with Crippen LogP contribution in [0.3, 0.4) is 0 Å². The highest BCUT2D eigenvalue weighted by Gasteiger charge is 2.23. The van der Waals surface area contributed by atoms with Crippen molar-refractivity contribution < 1.29 is 14.5 Å². The predicted molar refractivity (Wildman–Crippen MR) is 115 cm³/mol. The largest absolute Gasteiger partial charge is 0.463 e. The second-order valence-electron chi connectivity index (χ2n) is 6.77. The van der Waals surface area contributed by atoms with E-state index in [4.69, 9.17) is 4.42 Å². The molecule has 2 aromatic heterocycles. The smallest absolute Gasteiger partial charge is 0.275 e. The van der Waals surface area contributed by atoms with Crippen LogP contribution >= 0.6 is 11.3 Å². The third-order valence-corrected chi connectivity index (χ3v) is 5.75. The maximum atomic E-state index is 12.9. The number of hydrogen-bond acceptors (Lipinski definition) is 3. The van der Waals surface area contributed by atoms with E-state index in [2.05, 4.69) is 23.5 Å². The van der Waals surface area contributed by atoms with Gasteiger partial charge in [-0.05, 0) is 29.1 Å². The lowest BCUT2D eigenvalue weighted by Gasteiger charge is -2.19. The molecule has 2 aromatic carbocycles. The van der Waals surface area contributed by atoms with E-state index in [1.807, 2.05) is 77.4 Å². The molecule has 0 bridgehead atoms. The number of carbonyl (C=O) groups is 1. The number of amides is 1. The molecular formula is C24H23N2O2S+. The third-order valence-electron chi connectivity index (χ3n) is 4.81. The van der Waals surface area contributed by atoms with Crippen molar-refractivity contribution in [2.75, 3.05) is 6.54 Å². The molecular weight excluding hydrogens is 380 g/mol. The van der Waals surface area contributed by atoms with Gasteiger partial charge in [0.05, 0.1) is 12.3 Å². The van der Waals surface area contributed by atoms with Crippen molar-refractivity contribution in [3.8, 4) is 0 Å². The molecule has 0 aliphatic carbocycles. The van der Waals surface area contributed by atoms with Gasteiger partial charge in [0, 0.05) is 10.4 Å². The minimum Gasteiger partial charge on any atom is -0.463 e. The molecule has 4 nitrogen and oxygen atoms in total. The zero-order valence-corrected chi connectivity index (χ0v) is 16.7. The van der Waals surface area contributed by atoms with Gasteiger partial charge in [-0.1, -0.05) is 66.7 Å². The summed E-state index contributed by atoms with van der Waals surface area (Å²) in [4.78, 5) is 14.0. The molecule has 0 fully saturated rings. The first kappa shape index (κ1) is 19.2. The van der Waals surface area contributed by atoms with Gasteiger partial charge in [0.2, 0.25) is 0 Å². The topological polar surface area (TPSA) is 58.9 Å². The fourth-order valence-electron chi connectivity index (χ4n) is 3.41. The molecule has 1 amide bonds. The lowest BCUT2D eigenvalue weighted by Crippen LogP contribution is -2.87. The summed E-state index contributed by atoms with van der Waals surface area (Å²) in [5.74, 6) is 0.821. The van der Waals surface area contributed by atoms with Gasteiger partial charge in [-0.15, -0.1) is 11.3 Å². The zero-order chi connectivity index (χ0) is 19.9. The number of nitrogens with two attached hydrogens (primary N) is 1. The van der Waals surface area contributed by atoms with Crippen molar-refractivity contribution in [2.45, 2.75) is 12.1 Å². The van der Waals surface area contributed by atoms with Crippen LogP contribution in [0.5, 0.6) is 0 Å². The van der Waals surface area contributed by atoms with E-state index in [1.165, 1.54) is 0 Å². The van der Waals surface area contributed by atoms with Gasteiger partial charge < -0.3 is 15.1 Å². The lowest BCUT2D eigenvalue weighted by molar-refractivity contribution is -0.678. The van der Waals surface area contributed by atoms with Crippen molar-refractivity contribution in [3.05, 3.63) is 118 Å². The van der Waals surface area contributed by atoms with Gasteiger partial charge in [-0.2, -0.15) is 0 Å². The number of hydrogen-bond donors (Lipinski definition) is 2. The summed E-state index contributed by atoms with van der Waals surface area (Å²) in [6.07, 6.45) is 1.67. The summed E-state index contributed by atoms with van der Waals surface area (Å²) in [7, 11) is 0. The molecule has 0 aliphatic rings. The Balaban J connectivity index is 1.47. The van der Waals surface area contributed by atoms with Crippen LogP contribution in [0.4, 0.5) is 0 Å². The average Bonchev–Trinajstić information content (AvgIpc) is 3.48. The molecule has 4 aromatic rings. The van der Waals surface area contributed by atoms with E-state index >= 15 is 0 Å².